The van der Waals surface area contributed by atoms with Gasteiger partial charge < -0.3 is 0 Å². The molecule has 60 valence electrons. The number of nitrogens with one attached hydrogen (secondary N) is 1. The van der Waals surface area contributed by atoms with Crippen LogP contribution in [0.3, 0.4) is 0 Å². The predicted molar refractivity (Wildman–Crippen MR) is 42.5 cm³/mol. The SMILES string of the molecule is CC(C)CC(C#N)NCC#N. The Morgan fingerprint density at radius 2 is 2.00 bits per heavy atom. The fourth-order valence-electron chi connectivity index (χ4n) is 0.822. The monoisotopic (exact) mass is 151 g/mol. The average molecular weight is 151 g/mol. The van der Waals surface area contributed by atoms with Crippen molar-refractivity contribution in [1.29, 1.82) is 10.5 Å². The highest BCUT2D eigenvalue weighted by Gasteiger charge is 2.07. The van der Waals surface area contributed by atoms with Crippen LogP contribution < -0.4 is 5.32 Å². The molecule has 1 unspecified atom stereocenters. The summed E-state index contributed by atoms with van der Waals surface area (Å²) in [7, 11) is 0. The maximum absolute atomic E-state index is 8.58. The van der Waals surface area contributed by atoms with Crippen LogP contribution in [-0.2, 0) is 0 Å². The molecule has 3 nitrogen and oxygen atoms in total. The molecule has 0 spiro atoms. The van der Waals surface area contributed by atoms with Crippen molar-refractivity contribution in [1.82, 2.24) is 5.32 Å². The average Bonchev–Trinajstić information content (AvgIpc) is 1.97. The first-order chi connectivity index (χ1) is 5.20. The Hall–Kier alpha value is -1.06. The van der Waals surface area contributed by atoms with Crippen LogP contribution in [0, 0.1) is 28.6 Å². The molecule has 0 bridgehead atoms. The quantitative estimate of drug-likeness (QED) is 0.610. The smallest absolute Gasteiger partial charge is 0.0963 e. The van der Waals surface area contributed by atoms with Gasteiger partial charge in [0.1, 0.15) is 0 Å². The largest absolute Gasteiger partial charge is 0.289 e. The highest BCUT2D eigenvalue weighted by atomic mass is 14.9. The zero-order valence-electron chi connectivity index (χ0n) is 6.96. The van der Waals surface area contributed by atoms with Crippen molar-refractivity contribution in [2.75, 3.05) is 6.54 Å². The van der Waals surface area contributed by atoms with Gasteiger partial charge in [-0.3, -0.25) is 5.32 Å². The van der Waals surface area contributed by atoms with E-state index in [1.165, 1.54) is 0 Å². The molecule has 0 aliphatic carbocycles. The van der Waals surface area contributed by atoms with E-state index in [0.717, 1.165) is 6.42 Å². The van der Waals surface area contributed by atoms with Crippen molar-refractivity contribution in [3.05, 3.63) is 0 Å². The second kappa shape index (κ2) is 5.70. The summed E-state index contributed by atoms with van der Waals surface area (Å²) in [6, 6.07) is 3.88. The highest BCUT2D eigenvalue weighted by Crippen LogP contribution is 2.02. The lowest BCUT2D eigenvalue weighted by molar-refractivity contribution is 0.496. The van der Waals surface area contributed by atoms with Crippen molar-refractivity contribution in [3.8, 4) is 12.1 Å². The molecule has 0 saturated carbocycles. The van der Waals surface area contributed by atoms with Crippen molar-refractivity contribution in [3.63, 3.8) is 0 Å². The molecule has 3 heteroatoms. The summed E-state index contributed by atoms with van der Waals surface area (Å²) in [5, 5.41) is 19.6. The minimum atomic E-state index is -0.172. The molecule has 0 aromatic carbocycles. The van der Waals surface area contributed by atoms with Crippen LogP contribution >= 0.6 is 0 Å². The van der Waals surface area contributed by atoms with Crippen LogP contribution in [0.15, 0.2) is 0 Å². The first-order valence-electron chi connectivity index (χ1n) is 3.70. The van der Waals surface area contributed by atoms with E-state index in [4.69, 9.17) is 10.5 Å². The van der Waals surface area contributed by atoms with Crippen LogP contribution in [0.5, 0.6) is 0 Å². The van der Waals surface area contributed by atoms with Crippen molar-refractivity contribution in [2.24, 2.45) is 5.92 Å². The molecule has 0 aromatic heterocycles. The van der Waals surface area contributed by atoms with Gasteiger partial charge in [-0.2, -0.15) is 10.5 Å². The number of hydrogen-bond acceptors (Lipinski definition) is 3. The molecule has 0 heterocycles. The minimum absolute atomic E-state index is 0.172. The fraction of sp³-hybridized carbons (Fsp3) is 0.750. The Bertz CT molecular complexity index is 173. The summed E-state index contributed by atoms with van der Waals surface area (Å²) in [4.78, 5) is 0. The normalized spacial score (nSPS) is 12.1. The summed E-state index contributed by atoms with van der Waals surface area (Å²) in [6.07, 6.45) is 0.804. The molecule has 0 rings (SSSR count). The minimum Gasteiger partial charge on any atom is -0.289 e. The molecule has 0 fully saturated rings. The van der Waals surface area contributed by atoms with E-state index in [2.05, 4.69) is 25.2 Å². The number of nitriles is 2. The molecule has 0 aliphatic heterocycles. The lowest BCUT2D eigenvalue weighted by atomic mass is 10.1. The van der Waals surface area contributed by atoms with Gasteiger partial charge in [-0.25, -0.2) is 0 Å². The molecule has 11 heavy (non-hydrogen) atoms. The molecular weight excluding hydrogens is 138 g/mol. The number of hydrogen-bond donors (Lipinski definition) is 1. The lowest BCUT2D eigenvalue weighted by Gasteiger charge is -2.10. The van der Waals surface area contributed by atoms with E-state index in [9.17, 15) is 0 Å². The molecule has 0 aliphatic rings. The Morgan fingerprint density at radius 1 is 1.36 bits per heavy atom. The zero-order valence-corrected chi connectivity index (χ0v) is 6.96. The van der Waals surface area contributed by atoms with Crippen LogP contribution in [0.25, 0.3) is 0 Å². The summed E-state index contributed by atoms with van der Waals surface area (Å²) in [6.45, 7) is 4.36. The Kier molecular flexibility index (Phi) is 5.15. The van der Waals surface area contributed by atoms with E-state index in [0.29, 0.717) is 5.92 Å². The van der Waals surface area contributed by atoms with Crippen LogP contribution in [0.2, 0.25) is 0 Å². The lowest BCUT2D eigenvalue weighted by Crippen LogP contribution is -2.29. The number of nitrogens with zero attached hydrogens (tertiary/aromatic N) is 2. The standard InChI is InChI=1S/C8H13N3/c1-7(2)5-8(6-10)11-4-3-9/h7-8,11H,4-5H2,1-2H3. The van der Waals surface area contributed by atoms with Gasteiger partial charge in [-0.15, -0.1) is 0 Å². The van der Waals surface area contributed by atoms with Gasteiger partial charge in [0.15, 0.2) is 0 Å². The van der Waals surface area contributed by atoms with E-state index in [1.807, 2.05) is 6.07 Å². The third-order valence-corrected chi connectivity index (χ3v) is 1.29. The first-order valence-corrected chi connectivity index (χ1v) is 3.70. The number of rotatable bonds is 4. The van der Waals surface area contributed by atoms with Crippen LogP contribution in [-0.4, -0.2) is 12.6 Å². The second-order valence-electron chi connectivity index (χ2n) is 2.85. The summed E-state index contributed by atoms with van der Waals surface area (Å²) >= 11 is 0. The zero-order chi connectivity index (χ0) is 8.69. The Labute approximate surface area is 67.6 Å². The summed E-state index contributed by atoms with van der Waals surface area (Å²) < 4.78 is 0. The van der Waals surface area contributed by atoms with Crippen LogP contribution in [0.4, 0.5) is 0 Å². The Balaban J connectivity index is 3.62. The third-order valence-electron chi connectivity index (χ3n) is 1.29. The van der Waals surface area contributed by atoms with E-state index >= 15 is 0 Å². The second-order valence-corrected chi connectivity index (χ2v) is 2.85. The maximum Gasteiger partial charge on any atom is 0.0963 e. The molecule has 0 radical (unpaired) electrons. The summed E-state index contributed by atoms with van der Waals surface area (Å²) in [5.41, 5.74) is 0. The molecule has 1 N–H and O–H groups in total. The van der Waals surface area contributed by atoms with Gasteiger partial charge in [-0.05, 0) is 12.3 Å². The van der Waals surface area contributed by atoms with E-state index in [1.54, 1.807) is 0 Å². The molecule has 0 aromatic rings. The van der Waals surface area contributed by atoms with Gasteiger partial charge in [-0.1, -0.05) is 13.8 Å². The van der Waals surface area contributed by atoms with E-state index < -0.39 is 0 Å². The van der Waals surface area contributed by atoms with Crippen molar-refractivity contribution >= 4 is 0 Å². The molecular formula is C8H13N3. The van der Waals surface area contributed by atoms with Crippen LogP contribution in [0.1, 0.15) is 20.3 Å². The van der Waals surface area contributed by atoms with Gasteiger partial charge in [0, 0.05) is 0 Å². The third kappa shape index (κ3) is 5.39. The van der Waals surface area contributed by atoms with Gasteiger partial charge in [0.05, 0.1) is 24.7 Å². The van der Waals surface area contributed by atoms with Crippen molar-refractivity contribution in [2.45, 2.75) is 26.3 Å². The first kappa shape index (κ1) is 9.94. The maximum atomic E-state index is 8.58. The fourth-order valence-corrected chi connectivity index (χ4v) is 0.822. The topological polar surface area (TPSA) is 59.6 Å². The highest BCUT2D eigenvalue weighted by molar-refractivity contribution is 4.92. The molecule has 0 amide bonds. The Morgan fingerprint density at radius 3 is 2.36 bits per heavy atom. The molecule has 1 atom stereocenters. The predicted octanol–water partition coefficient (Wildman–Crippen LogP) is 1.04. The van der Waals surface area contributed by atoms with Gasteiger partial charge >= 0.3 is 0 Å². The van der Waals surface area contributed by atoms with Gasteiger partial charge in [0.25, 0.3) is 0 Å². The van der Waals surface area contributed by atoms with E-state index in [-0.39, 0.29) is 12.6 Å². The summed E-state index contributed by atoms with van der Waals surface area (Å²) in [5.74, 6) is 0.492. The van der Waals surface area contributed by atoms with Crippen molar-refractivity contribution < 1.29 is 0 Å². The molecule has 0 saturated heterocycles. The van der Waals surface area contributed by atoms with Gasteiger partial charge in [0.2, 0.25) is 0 Å².